The molecule has 3 fully saturated rings. The smallest absolute Gasteiger partial charge is 0.232 e. The quantitative estimate of drug-likeness (QED) is 0.692. The summed E-state index contributed by atoms with van der Waals surface area (Å²) in [6, 6.07) is 13.9. The predicted molar refractivity (Wildman–Crippen MR) is 143 cm³/mol. The monoisotopic (exact) mass is 487 g/mol. The van der Waals surface area contributed by atoms with Gasteiger partial charge >= 0.3 is 0 Å². The molecule has 0 unspecified atom stereocenters. The lowest BCUT2D eigenvalue weighted by Crippen LogP contribution is -2.82. The number of nitrogens with two attached hydrogens (primary N) is 1. The van der Waals surface area contributed by atoms with Crippen LogP contribution in [0.5, 0.6) is 0 Å². The van der Waals surface area contributed by atoms with Crippen molar-refractivity contribution in [2.45, 2.75) is 95.4 Å². The predicted octanol–water partition coefficient (Wildman–Crippen LogP) is 4.24. The fraction of sp³-hybridized carbons (Fsp3) is 0.625. The lowest BCUT2D eigenvalue weighted by Gasteiger charge is -2.47. The van der Waals surface area contributed by atoms with Gasteiger partial charge in [-0.25, -0.2) is 4.98 Å². The van der Waals surface area contributed by atoms with E-state index < -0.39 is 0 Å². The van der Waals surface area contributed by atoms with Crippen LogP contribution in [0.3, 0.4) is 0 Å². The average Bonchev–Trinajstić information content (AvgIpc) is 3.32. The van der Waals surface area contributed by atoms with E-state index in [1.807, 2.05) is 0 Å². The molecule has 4 aliphatic rings. The molecule has 36 heavy (non-hydrogen) atoms. The van der Waals surface area contributed by atoms with Gasteiger partial charge in [0.1, 0.15) is 5.92 Å². The van der Waals surface area contributed by atoms with Crippen molar-refractivity contribution in [2.24, 2.45) is 11.8 Å². The maximum atomic E-state index is 14.6. The molecular formula is C32H45N3O+2. The molecule has 0 radical (unpaired) electrons. The van der Waals surface area contributed by atoms with Crippen molar-refractivity contribution in [3.05, 3.63) is 64.5 Å². The van der Waals surface area contributed by atoms with Crippen molar-refractivity contribution in [1.29, 1.82) is 0 Å². The van der Waals surface area contributed by atoms with Crippen LogP contribution in [0.1, 0.15) is 91.8 Å². The number of aromatic nitrogens is 1. The highest BCUT2D eigenvalue weighted by molar-refractivity contribution is 5.82. The highest BCUT2D eigenvalue weighted by Gasteiger charge is 2.56. The second-order valence-corrected chi connectivity index (χ2v) is 12.4. The fourth-order valence-corrected chi connectivity index (χ4v) is 8.59. The maximum Gasteiger partial charge on any atom is 0.232 e. The summed E-state index contributed by atoms with van der Waals surface area (Å²) in [6.07, 6.45) is 12.3. The molecule has 0 bridgehead atoms. The van der Waals surface area contributed by atoms with E-state index in [0.29, 0.717) is 23.8 Å². The number of H-pyrrole nitrogens is 1. The van der Waals surface area contributed by atoms with Crippen molar-refractivity contribution < 1.29 is 15.1 Å². The third kappa shape index (κ3) is 4.20. The number of quaternary nitrogens is 1. The van der Waals surface area contributed by atoms with Crippen LogP contribution in [-0.2, 0) is 16.6 Å². The van der Waals surface area contributed by atoms with Gasteiger partial charge in [0.05, 0.1) is 18.5 Å². The van der Waals surface area contributed by atoms with Gasteiger partial charge < -0.3 is 10.2 Å². The van der Waals surface area contributed by atoms with Crippen LogP contribution in [0.25, 0.3) is 0 Å². The van der Waals surface area contributed by atoms with Gasteiger partial charge in [0.25, 0.3) is 0 Å². The number of nitrogens with zero attached hydrogens (tertiary/aromatic N) is 1. The van der Waals surface area contributed by atoms with E-state index in [0.717, 1.165) is 45.3 Å². The minimum absolute atomic E-state index is 0.00114. The number of aryl methyl sites for hydroxylation is 3. The number of carbonyl (C=O) groups is 1. The Hall–Kier alpha value is -2.20. The van der Waals surface area contributed by atoms with E-state index in [2.05, 4.69) is 65.4 Å². The SMILES string of the molecule is Cc1ccc2c([nH+]1)CCC[C@]21C[NH2+]C[C@H]1C(=O)N1CC[C@@H](c2ccccc2C)C[C@H]1C1CCCCC1. The van der Waals surface area contributed by atoms with E-state index in [4.69, 9.17) is 0 Å². The topological polar surface area (TPSA) is 51.1 Å². The molecule has 2 saturated heterocycles. The molecule has 2 aliphatic heterocycles. The van der Waals surface area contributed by atoms with E-state index >= 15 is 0 Å². The highest BCUT2D eigenvalue weighted by Crippen LogP contribution is 2.46. The normalized spacial score (nSPS) is 30.9. The van der Waals surface area contributed by atoms with Crippen LogP contribution in [-0.4, -0.2) is 36.5 Å². The zero-order chi connectivity index (χ0) is 24.7. The van der Waals surface area contributed by atoms with Gasteiger partial charge in [-0.1, -0.05) is 43.5 Å². The van der Waals surface area contributed by atoms with Crippen molar-refractivity contribution in [2.75, 3.05) is 19.6 Å². The number of amides is 1. The zero-order valence-corrected chi connectivity index (χ0v) is 22.4. The molecule has 1 saturated carbocycles. The Morgan fingerprint density at radius 1 is 1.03 bits per heavy atom. The molecule has 1 aromatic carbocycles. The van der Waals surface area contributed by atoms with Crippen molar-refractivity contribution in [3.63, 3.8) is 0 Å². The van der Waals surface area contributed by atoms with E-state index in [9.17, 15) is 4.79 Å². The molecule has 1 amide bonds. The summed E-state index contributed by atoms with van der Waals surface area (Å²) >= 11 is 0. The number of aromatic amines is 1. The standard InChI is InChI=1S/C32H43N3O/c1-22-9-6-7-12-26(22)25-16-18-35(30(19-25)24-10-4-3-5-11-24)31(36)28-20-33-21-32(28)17-8-13-29-27(32)15-14-23(2)34-29/h6-7,9,12,14-15,24-25,28,30,33H,3-5,8,10-11,13,16-21H2,1-2H3/p+2/t25-,28+,30+,32+/m1/s1. The summed E-state index contributed by atoms with van der Waals surface area (Å²) < 4.78 is 0. The number of nitrogens with one attached hydrogen (secondary N) is 1. The number of hydrogen-bond acceptors (Lipinski definition) is 1. The molecule has 2 aromatic rings. The first-order valence-corrected chi connectivity index (χ1v) is 14.8. The van der Waals surface area contributed by atoms with Crippen LogP contribution >= 0.6 is 0 Å². The third-order valence-electron chi connectivity index (χ3n) is 10.4. The van der Waals surface area contributed by atoms with E-state index in [-0.39, 0.29) is 11.3 Å². The fourth-order valence-electron chi connectivity index (χ4n) is 8.59. The van der Waals surface area contributed by atoms with Gasteiger partial charge in [-0.2, -0.15) is 0 Å². The summed E-state index contributed by atoms with van der Waals surface area (Å²) in [5, 5.41) is 2.44. The lowest BCUT2D eigenvalue weighted by molar-refractivity contribution is -0.640. The second-order valence-electron chi connectivity index (χ2n) is 12.4. The number of carbonyl (C=O) groups excluding carboxylic acids is 1. The van der Waals surface area contributed by atoms with E-state index in [1.165, 1.54) is 66.6 Å². The molecular weight excluding hydrogens is 442 g/mol. The number of rotatable bonds is 3. The van der Waals surface area contributed by atoms with Gasteiger partial charge in [-0.05, 0) is 74.5 Å². The Labute approximate surface area is 217 Å². The Morgan fingerprint density at radius 2 is 1.86 bits per heavy atom. The van der Waals surface area contributed by atoms with Gasteiger partial charge in [-0.3, -0.25) is 4.79 Å². The number of fused-ring (bicyclic) bond motifs is 2. The third-order valence-corrected chi connectivity index (χ3v) is 10.4. The molecule has 1 spiro atoms. The van der Waals surface area contributed by atoms with Crippen molar-refractivity contribution in [3.8, 4) is 0 Å². The summed E-state index contributed by atoms with van der Waals surface area (Å²) in [7, 11) is 0. The minimum atomic E-state index is -0.00114. The van der Waals surface area contributed by atoms with Crippen LogP contribution in [0.4, 0.5) is 0 Å². The van der Waals surface area contributed by atoms with Crippen LogP contribution in [0.15, 0.2) is 36.4 Å². The average molecular weight is 488 g/mol. The number of likely N-dealkylation sites (tertiary alicyclic amines) is 1. The first kappa shape index (κ1) is 24.2. The Kier molecular flexibility index (Phi) is 6.66. The number of benzene rings is 1. The first-order chi connectivity index (χ1) is 17.6. The zero-order valence-electron chi connectivity index (χ0n) is 22.4. The number of piperidine rings is 1. The molecule has 1 aromatic heterocycles. The summed E-state index contributed by atoms with van der Waals surface area (Å²) in [6.45, 7) is 7.35. The lowest BCUT2D eigenvalue weighted by atomic mass is 9.64. The molecule has 3 heterocycles. The van der Waals surface area contributed by atoms with Crippen LogP contribution in [0.2, 0.25) is 0 Å². The van der Waals surface area contributed by atoms with Gasteiger partial charge in [0, 0.05) is 37.6 Å². The van der Waals surface area contributed by atoms with E-state index in [1.54, 1.807) is 0 Å². The number of pyridine rings is 1. The second kappa shape index (κ2) is 9.93. The molecule has 2 aliphatic carbocycles. The summed E-state index contributed by atoms with van der Waals surface area (Å²) in [4.78, 5) is 20.7. The number of hydrogen-bond donors (Lipinski definition) is 1. The highest BCUT2D eigenvalue weighted by atomic mass is 16.2. The van der Waals surface area contributed by atoms with Gasteiger partial charge in [0.2, 0.25) is 5.91 Å². The summed E-state index contributed by atoms with van der Waals surface area (Å²) in [5.74, 6) is 1.83. The molecule has 4 nitrogen and oxygen atoms in total. The summed E-state index contributed by atoms with van der Waals surface area (Å²) in [5.41, 5.74) is 6.99. The molecule has 4 atom stereocenters. The Morgan fingerprint density at radius 3 is 2.69 bits per heavy atom. The van der Waals surface area contributed by atoms with Crippen molar-refractivity contribution >= 4 is 5.91 Å². The molecule has 192 valence electrons. The first-order valence-electron chi connectivity index (χ1n) is 14.8. The Balaban J connectivity index is 1.31. The minimum Gasteiger partial charge on any atom is -0.345 e. The molecule has 3 N–H and O–H groups in total. The van der Waals surface area contributed by atoms with Gasteiger partial charge in [-0.15, -0.1) is 0 Å². The van der Waals surface area contributed by atoms with Crippen molar-refractivity contribution in [1.82, 2.24) is 4.90 Å². The maximum absolute atomic E-state index is 14.6. The molecule has 6 rings (SSSR count). The largest absolute Gasteiger partial charge is 0.345 e. The van der Waals surface area contributed by atoms with Gasteiger partial charge in [0.15, 0.2) is 11.4 Å². The van der Waals surface area contributed by atoms with Crippen LogP contribution in [0, 0.1) is 25.7 Å². The van der Waals surface area contributed by atoms with Crippen LogP contribution < -0.4 is 10.3 Å². The Bertz CT molecular complexity index is 1110. The molecule has 4 heteroatoms.